The molecule has 2 aromatic carbocycles. The zero-order valence-corrected chi connectivity index (χ0v) is 17.0. The van der Waals surface area contributed by atoms with Crippen molar-refractivity contribution in [1.82, 2.24) is 0 Å². The minimum Gasteiger partial charge on any atom is -0.497 e. The number of carbonyl (C=O) groups excluding carboxylic acids is 1. The summed E-state index contributed by atoms with van der Waals surface area (Å²) in [6.45, 7) is 4.11. The number of anilines is 2. The monoisotopic (exact) mass is 390 g/mol. The maximum absolute atomic E-state index is 12.3. The van der Waals surface area contributed by atoms with Crippen molar-refractivity contribution in [3.63, 3.8) is 0 Å². The van der Waals surface area contributed by atoms with Crippen molar-refractivity contribution in [2.45, 2.75) is 26.7 Å². The van der Waals surface area contributed by atoms with Crippen molar-refractivity contribution in [1.29, 1.82) is 0 Å². The Kier molecular flexibility index (Phi) is 6.85. The Morgan fingerprint density at radius 2 is 1.67 bits per heavy atom. The van der Waals surface area contributed by atoms with E-state index in [0.717, 1.165) is 23.1 Å². The SMILES string of the molecule is COc1ccc(N(CCCC(=O)Nc2c(C)cccc2C)S(C)(=O)=O)cc1. The number of nitrogens with one attached hydrogen (secondary N) is 1. The molecule has 0 saturated heterocycles. The van der Waals surface area contributed by atoms with E-state index in [4.69, 9.17) is 4.74 Å². The van der Waals surface area contributed by atoms with Crippen LogP contribution in [0.2, 0.25) is 0 Å². The van der Waals surface area contributed by atoms with Crippen LogP contribution in [0.15, 0.2) is 42.5 Å². The molecule has 0 aliphatic carbocycles. The lowest BCUT2D eigenvalue weighted by Crippen LogP contribution is -2.31. The number of nitrogens with zero attached hydrogens (tertiary/aromatic N) is 1. The maximum atomic E-state index is 12.3. The normalized spacial score (nSPS) is 11.1. The molecule has 1 N–H and O–H groups in total. The molecule has 7 heteroatoms. The van der Waals surface area contributed by atoms with Crippen molar-refractivity contribution >= 4 is 27.3 Å². The van der Waals surface area contributed by atoms with Gasteiger partial charge in [-0.2, -0.15) is 0 Å². The quantitative estimate of drug-likeness (QED) is 0.749. The fourth-order valence-electron chi connectivity index (χ4n) is 2.83. The Labute approximate surface area is 161 Å². The highest BCUT2D eigenvalue weighted by Crippen LogP contribution is 2.23. The Morgan fingerprint density at radius 3 is 2.19 bits per heavy atom. The van der Waals surface area contributed by atoms with Crippen LogP contribution >= 0.6 is 0 Å². The number of hydrogen-bond acceptors (Lipinski definition) is 4. The molecule has 0 fully saturated rings. The van der Waals surface area contributed by atoms with Gasteiger partial charge in [0.2, 0.25) is 15.9 Å². The van der Waals surface area contributed by atoms with Crippen LogP contribution in [0.1, 0.15) is 24.0 Å². The lowest BCUT2D eigenvalue weighted by atomic mass is 10.1. The summed E-state index contributed by atoms with van der Waals surface area (Å²) >= 11 is 0. The van der Waals surface area contributed by atoms with Crippen molar-refractivity contribution in [2.75, 3.05) is 29.5 Å². The van der Waals surface area contributed by atoms with Crippen LogP contribution in [0.3, 0.4) is 0 Å². The summed E-state index contributed by atoms with van der Waals surface area (Å²) in [5.74, 6) is 0.524. The van der Waals surface area contributed by atoms with Crippen LogP contribution in [0.5, 0.6) is 5.75 Å². The first-order valence-electron chi connectivity index (χ1n) is 8.70. The zero-order valence-electron chi connectivity index (χ0n) is 16.2. The number of carbonyl (C=O) groups is 1. The van der Waals surface area contributed by atoms with Crippen LogP contribution in [-0.4, -0.2) is 34.2 Å². The molecule has 6 nitrogen and oxygen atoms in total. The van der Waals surface area contributed by atoms with Crippen LogP contribution < -0.4 is 14.4 Å². The number of para-hydroxylation sites is 1. The van der Waals surface area contributed by atoms with Crippen LogP contribution in [0.25, 0.3) is 0 Å². The summed E-state index contributed by atoms with van der Waals surface area (Å²) in [5, 5.41) is 2.92. The predicted molar refractivity (Wildman–Crippen MR) is 109 cm³/mol. The minimum absolute atomic E-state index is 0.129. The van der Waals surface area contributed by atoms with Gasteiger partial charge < -0.3 is 10.1 Å². The number of rotatable bonds is 8. The average molecular weight is 391 g/mol. The summed E-state index contributed by atoms with van der Waals surface area (Å²) in [6, 6.07) is 12.6. The number of hydrogen-bond donors (Lipinski definition) is 1. The molecule has 0 atom stereocenters. The molecule has 0 radical (unpaired) electrons. The fourth-order valence-corrected chi connectivity index (χ4v) is 3.80. The van der Waals surface area contributed by atoms with E-state index >= 15 is 0 Å². The molecule has 0 unspecified atom stereocenters. The van der Waals surface area contributed by atoms with Gasteiger partial charge in [-0.25, -0.2) is 8.42 Å². The highest BCUT2D eigenvalue weighted by molar-refractivity contribution is 7.92. The van der Waals surface area contributed by atoms with Gasteiger partial charge >= 0.3 is 0 Å². The second-order valence-corrected chi connectivity index (χ2v) is 8.36. The molecule has 0 heterocycles. The van der Waals surface area contributed by atoms with Gasteiger partial charge in [-0.15, -0.1) is 0 Å². The molecular formula is C20H26N2O4S. The van der Waals surface area contributed by atoms with Crippen molar-refractivity contribution < 1.29 is 17.9 Å². The molecule has 2 rings (SSSR count). The van der Waals surface area contributed by atoms with E-state index in [2.05, 4.69) is 5.32 Å². The van der Waals surface area contributed by atoms with E-state index in [1.165, 1.54) is 4.31 Å². The van der Waals surface area contributed by atoms with E-state index in [-0.39, 0.29) is 18.9 Å². The van der Waals surface area contributed by atoms with Crippen LogP contribution in [0.4, 0.5) is 11.4 Å². The molecule has 2 aromatic rings. The van der Waals surface area contributed by atoms with Crippen molar-refractivity contribution in [2.24, 2.45) is 0 Å². The van der Waals surface area contributed by atoms with E-state index in [1.807, 2.05) is 32.0 Å². The average Bonchev–Trinajstić information content (AvgIpc) is 2.61. The van der Waals surface area contributed by atoms with Crippen LogP contribution in [-0.2, 0) is 14.8 Å². The Hall–Kier alpha value is -2.54. The predicted octanol–water partition coefficient (Wildman–Crippen LogP) is 3.50. The lowest BCUT2D eigenvalue weighted by Gasteiger charge is -2.22. The molecule has 1 amide bonds. The molecular weight excluding hydrogens is 364 g/mol. The molecule has 146 valence electrons. The number of aryl methyl sites for hydroxylation is 2. The molecule has 0 bridgehead atoms. The summed E-state index contributed by atoms with van der Waals surface area (Å²) in [7, 11) is -1.89. The Bertz CT molecular complexity index is 872. The third-order valence-electron chi connectivity index (χ3n) is 4.27. The van der Waals surface area contributed by atoms with Crippen molar-refractivity contribution in [3.05, 3.63) is 53.6 Å². The molecule has 0 aromatic heterocycles. The van der Waals surface area contributed by atoms with E-state index in [9.17, 15) is 13.2 Å². The largest absolute Gasteiger partial charge is 0.497 e. The van der Waals surface area contributed by atoms with Gasteiger partial charge in [0.25, 0.3) is 0 Å². The molecule has 0 aliphatic heterocycles. The number of benzene rings is 2. The summed E-state index contributed by atoms with van der Waals surface area (Å²) in [5.41, 5.74) is 3.37. The second-order valence-electron chi connectivity index (χ2n) is 6.45. The van der Waals surface area contributed by atoms with Gasteiger partial charge in [0.1, 0.15) is 5.75 Å². The number of methoxy groups -OCH3 is 1. The summed E-state index contributed by atoms with van der Waals surface area (Å²) in [6.07, 6.45) is 1.81. The summed E-state index contributed by atoms with van der Waals surface area (Å²) in [4.78, 5) is 12.3. The molecule has 0 spiro atoms. The third kappa shape index (κ3) is 5.72. The standard InChI is InChI=1S/C20H26N2O4S/c1-15-7-5-8-16(2)20(15)21-19(23)9-6-14-22(27(4,24)25)17-10-12-18(26-3)13-11-17/h5,7-8,10-13H,6,9,14H2,1-4H3,(H,21,23). The first kappa shape index (κ1) is 20.8. The topological polar surface area (TPSA) is 75.7 Å². The van der Waals surface area contributed by atoms with Crippen LogP contribution in [0, 0.1) is 13.8 Å². The number of amides is 1. The van der Waals surface area contributed by atoms with Gasteiger partial charge in [0.15, 0.2) is 0 Å². The van der Waals surface area contributed by atoms with Gasteiger partial charge in [-0.1, -0.05) is 18.2 Å². The minimum atomic E-state index is -3.45. The highest BCUT2D eigenvalue weighted by atomic mass is 32.2. The molecule has 0 saturated carbocycles. The van der Waals surface area contributed by atoms with E-state index < -0.39 is 10.0 Å². The maximum Gasteiger partial charge on any atom is 0.232 e. The molecule has 0 aliphatic rings. The van der Waals surface area contributed by atoms with Crippen molar-refractivity contribution in [3.8, 4) is 5.75 Å². The fraction of sp³-hybridized carbons (Fsp3) is 0.350. The Balaban J connectivity index is 2.00. The Morgan fingerprint density at radius 1 is 1.07 bits per heavy atom. The van der Waals surface area contributed by atoms with Gasteiger partial charge in [-0.05, 0) is 55.7 Å². The number of ether oxygens (including phenoxy) is 1. The lowest BCUT2D eigenvalue weighted by molar-refractivity contribution is -0.116. The highest BCUT2D eigenvalue weighted by Gasteiger charge is 2.18. The first-order valence-corrected chi connectivity index (χ1v) is 10.5. The summed E-state index contributed by atoms with van der Waals surface area (Å²) < 4.78 is 30.7. The zero-order chi connectivity index (χ0) is 20.0. The smallest absolute Gasteiger partial charge is 0.232 e. The van der Waals surface area contributed by atoms with Gasteiger partial charge in [0.05, 0.1) is 19.1 Å². The van der Waals surface area contributed by atoms with E-state index in [1.54, 1.807) is 31.4 Å². The number of sulfonamides is 1. The molecule has 27 heavy (non-hydrogen) atoms. The van der Waals surface area contributed by atoms with Gasteiger partial charge in [-0.3, -0.25) is 9.10 Å². The van der Waals surface area contributed by atoms with Gasteiger partial charge in [0, 0.05) is 18.7 Å². The first-order chi connectivity index (χ1) is 12.7. The van der Waals surface area contributed by atoms with E-state index in [0.29, 0.717) is 17.9 Å². The second kappa shape index (κ2) is 8.90. The third-order valence-corrected chi connectivity index (χ3v) is 5.47.